The lowest BCUT2D eigenvalue weighted by Gasteiger charge is -2.03. The molecule has 0 fully saturated rings. The minimum absolute atomic E-state index is 0.0977. The molecule has 6 heteroatoms. The van der Waals surface area contributed by atoms with E-state index in [2.05, 4.69) is 10.1 Å². The average Bonchev–Trinajstić information content (AvgIpc) is 3.10. The van der Waals surface area contributed by atoms with Gasteiger partial charge in [-0.2, -0.15) is 9.67 Å². The second-order valence-electron chi connectivity index (χ2n) is 6.11. The standard InChI is InChI=1S/C21H21N3O3/c1-15(2)27-21-22-20(17-10-12-18(26-3)13-11-17)24(23-21)19(25)14-9-16-7-5-4-6-8-16/h4-15H,1-3H3/b14-9+. The van der Waals surface area contributed by atoms with Gasteiger partial charge in [0.1, 0.15) is 5.75 Å². The van der Waals surface area contributed by atoms with Gasteiger partial charge in [-0.1, -0.05) is 30.3 Å². The smallest absolute Gasteiger partial charge is 0.336 e. The van der Waals surface area contributed by atoms with Crippen molar-refractivity contribution in [2.45, 2.75) is 20.0 Å². The molecule has 0 aliphatic rings. The molecule has 2 aromatic carbocycles. The number of methoxy groups -OCH3 is 1. The van der Waals surface area contributed by atoms with E-state index in [-0.39, 0.29) is 18.0 Å². The number of carbonyl (C=O) groups excluding carboxylic acids is 1. The molecule has 0 aliphatic carbocycles. The molecule has 3 aromatic rings. The summed E-state index contributed by atoms with van der Waals surface area (Å²) in [5.41, 5.74) is 1.67. The Morgan fingerprint density at radius 3 is 2.41 bits per heavy atom. The van der Waals surface area contributed by atoms with Crippen LogP contribution in [-0.2, 0) is 0 Å². The summed E-state index contributed by atoms with van der Waals surface area (Å²) in [5, 5.41) is 4.23. The van der Waals surface area contributed by atoms with Gasteiger partial charge < -0.3 is 9.47 Å². The van der Waals surface area contributed by atoms with E-state index >= 15 is 0 Å². The van der Waals surface area contributed by atoms with Crippen molar-refractivity contribution in [3.63, 3.8) is 0 Å². The van der Waals surface area contributed by atoms with E-state index in [1.54, 1.807) is 13.2 Å². The van der Waals surface area contributed by atoms with E-state index in [1.165, 1.54) is 10.8 Å². The van der Waals surface area contributed by atoms with Crippen LogP contribution in [0.5, 0.6) is 11.8 Å². The third kappa shape index (κ3) is 4.61. The Balaban J connectivity index is 1.95. The molecule has 27 heavy (non-hydrogen) atoms. The van der Waals surface area contributed by atoms with Crippen LogP contribution >= 0.6 is 0 Å². The number of ether oxygens (including phenoxy) is 2. The highest BCUT2D eigenvalue weighted by molar-refractivity contribution is 5.95. The molecule has 6 nitrogen and oxygen atoms in total. The van der Waals surface area contributed by atoms with Gasteiger partial charge in [-0.3, -0.25) is 4.79 Å². The topological polar surface area (TPSA) is 66.2 Å². The maximum Gasteiger partial charge on any atom is 0.336 e. The highest BCUT2D eigenvalue weighted by Crippen LogP contribution is 2.23. The van der Waals surface area contributed by atoms with Crippen molar-refractivity contribution in [2.24, 2.45) is 0 Å². The van der Waals surface area contributed by atoms with Crippen LogP contribution in [0.2, 0.25) is 0 Å². The highest BCUT2D eigenvalue weighted by atomic mass is 16.5. The number of hydrogen-bond acceptors (Lipinski definition) is 5. The SMILES string of the molecule is COc1ccc(-c2nc(OC(C)C)nn2C(=O)/C=C/c2ccccc2)cc1. The van der Waals surface area contributed by atoms with Crippen molar-refractivity contribution >= 4 is 12.0 Å². The lowest BCUT2D eigenvalue weighted by atomic mass is 10.2. The fourth-order valence-corrected chi connectivity index (χ4v) is 2.44. The first-order valence-corrected chi connectivity index (χ1v) is 8.62. The van der Waals surface area contributed by atoms with E-state index in [0.29, 0.717) is 5.82 Å². The van der Waals surface area contributed by atoms with Crippen molar-refractivity contribution in [3.05, 3.63) is 66.2 Å². The molecule has 138 valence electrons. The van der Waals surface area contributed by atoms with E-state index in [4.69, 9.17) is 9.47 Å². The van der Waals surface area contributed by atoms with E-state index in [9.17, 15) is 4.79 Å². The van der Waals surface area contributed by atoms with Gasteiger partial charge in [0.05, 0.1) is 13.2 Å². The zero-order chi connectivity index (χ0) is 19.2. The summed E-state index contributed by atoms with van der Waals surface area (Å²) >= 11 is 0. The molecule has 0 saturated carbocycles. The molecule has 0 saturated heterocycles. The fourth-order valence-electron chi connectivity index (χ4n) is 2.44. The first kappa shape index (κ1) is 18.4. The molecule has 0 aliphatic heterocycles. The summed E-state index contributed by atoms with van der Waals surface area (Å²) in [4.78, 5) is 17.1. The molecule has 0 radical (unpaired) electrons. The van der Waals surface area contributed by atoms with Crippen molar-refractivity contribution in [1.29, 1.82) is 0 Å². The molecule has 0 spiro atoms. The average molecular weight is 363 g/mol. The van der Waals surface area contributed by atoms with Crippen molar-refractivity contribution in [1.82, 2.24) is 14.8 Å². The van der Waals surface area contributed by atoms with E-state index in [1.807, 2.05) is 68.4 Å². The highest BCUT2D eigenvalue weighted by Gasteiger charge is 2.18. The second-order valence-corrected chi connectivity index (χ2v) is 6.11. The third-order valence-corrected chi connectivity index (χ3v) is 3.70. The molecule has 0 atom stereocenters. The Bertz CT molecular complexity index is 929. The van der Waals surface area contributed by atoms with Gasteiger partial charge in [0.15, 0.2) is 5.82 Å². The predicted molar refractivity (Wildman–Crippen MR) is 104 cm³/mol. The van der Waals surface area contributed by atoms with Gasteiger partial charge >= 0.3 is 6.01 Å². The van der Waals surface area contributed by atoms with Gasteiger partial charge in [0.2, 0.25) is 0 Å². The van der Waals surface area contributed by atoms with E-state index in [0.717, 1.165) is 16.9 Å². The molecule has 1 aromatic heterocycles. The number of nitrogens with zero attached hydrogens (tertiary/aromatic N) is 3. The minimum atomic E-state index is -0.309. The van der Waals surface area contributed by atoms with Crippen LogP contribution in [0.15, 0.2) is 60.7 Å². The summed E-state index contributed by atoms with van der Waals surface area (Å²) in [6.45, 7) is 3.76. The Labute approximate surface area is 158 Å². The first-order chi connectivity index (χ1) is 13.1. The Morgan fingerprint density at radius 1 is 1.07 bits per heavy atom. The molecule has 1 heterocycles. The lowest BCUT2D eigenvalue weighted by Crippen LogP contribution is -2.12. The Morgan fingerprint density at radius 2 is 1.78 bits per heavy atom. The predicted octanol–water partition coefficient (Wildman–Crippen LogP) is 4.09. The lowest BCUT2D eigenvalue weighted by molar-refractivity contribution is 0.0953. The summed E-state index contributed by atoms with van der Waals surface area (Å²) < 4.78 is 12.0. The van der Waals surface area contributed by atoms with Crippen LogP contribution in [0.25, 0.3) is 17.5 Å². The van der Waals surface area contributed by atoms with Crippen LogP contribution in [0.3, 0.4) is 0 Å². The van der Waals surface area contributed by atoms with Crippen molar-refractivity contribution in [3.8, 4) is 23.1 Å². The summed E-state index contributed by atoms with van der Waals surface area (Å²) in [6.07, 6.45) is 3.11. The normalized spacial score (nSPS) is 11.1. The van der Waals surface area contributed by atoms with Gasteiger partial charge in [-0.05, 0) is 49.8 Å². The van der Waals surface area contributed by atoms with E-state index < -0.39 is 0 Å². The molecule has 0 unspecified atom stereocenters. The Hall–Kier alpha value is -3.41. The fraction of sp³-hybridized carbons (Fsp3) is 0.190. The van der Waals surface area contributed by atoms with Crippen LogP contribution in [0.4, 0.5) is 0 Å². The molecule has 0 bridgehead atoms. The first-order valence-electron chi connectivity index (χ1n) is 8.62. The maximum atomic E-state index is 12.7. The quantitative estimate of drug-likeness (QED) is 0.617. The molecular weight excluding hydrogens is 342 g/mol. The Kier molecular flexibility index (Phi) is 5.66. The monoisotopic (exact) mass is 363 g/mol. The zero-order valence-corrected chi connectivity index (χ0v) is 15.5. The minimum Gasteiger partial charge on any atom is -0.497 e. The summed E-state index contributed by atoms with van der Waals surface area (Å²) in [5.74, 6) is 0.825. The van der Waals surface area contributed by atoms with Gasteiger partial charge in [0, 0.05) is 11.6 Å². The summed E-state index contributed by atoms with van der Waals surface area (Å²) in [7, 11) is 1.60. The van der Waals surface area contributed by atoms with Crippen LogP contribution in [0, 0.1) is 0 Å². The number of carbonyl (C=O) groups is 1. The molecule has 3 rings (SSSR count). The summed E-state index contributed by atoms with van der Waals surface area (Å²) in [6, 6.07) is 17.0. The van der Waals surface area contributed by atoms with Crippen molar-refractivity contribution < 1.29 is 14.3 Å². The number of allylic oxidation sites excluding steroid dienone is 1. The second kappa shape index (κ2) is 8.31. The number of aromatic nitrogens is 3. The third-order valence-electron chi connectivity index (χ3n) is 3.70. The van der Waals surface area contributed by atoms with Crippen LogP contribution in [-0.4, -0.2) is 33.9 Å². The number of benzene rings is 2. The number of hydrogen-bond donors (Lipinski definition) is 0. The van der Waals surface area contributed by atoms with Crippen molar-refractivity contribution in [2.75, 3.05) is 7.11 Å². The molecule has 0 N–H and O–H groups in total. The van der Waals surface area contributed by atoms with Gasteiger partial charge in [-0.15, -0.1) is 5.10 Å². The van der Waals surface area contributed by atoms with Gasteiger partial charge in [0.25, 0.3) is 5.91 Å². The maximum absolute atomic E-state index is 12.7. The van der Waals surface area contributed by atoms with Crippen LogP contribution < -0.4 is 9.47 Å². The van der Waals surface area contributed by atoms with Gasteiger partial charge in [-0.25, -0.2) is 0 Å². The molecular formula is C21H21N3O3. The van der Waals surface area contributed by atoms with Crippen LogP contribution in [0.1, 0.15) is 24.2 Å². The number of rotatable bonds is 6. The zero-order valence-electron chi connectivity index (χ0n) is 15.5. The largest absolute Gasteiger partial charge is 0.497 e. The molecule has 0 amide bonds.